The van der Waals surface area contributed by atoms with Gasteiger partial charge in [-0.05, 0) is 59.9 Å². The summed E-state index contributed by atoms with van der Waals surface area (Å²) < 4.78 is 34.1. The third-order valence-corrected chi connectivity index (χ3v) is 8.01. The van der Waals surface area contributed by atoms with Crippen LogP contribution in [0.3, 0.4) is 0 Å². The third-order valence-electron chi connectivity index (χ3n) is 6.59. The monoisotopic (exact) mass is 494 g/mol. The molecule has 0 aromatic heterocycles. The highest BCUT2D eigenvalue weighted by Crippen LogP contribution is 2.50. The molecular formula is C28H30O6S. The summed E-state index contributed by atoms with van der Waals surface area (Å²) in [6, 6.07) is 20.8. The lowest BCUT2D eigenvalue weighted by atomic mass is 9.84. The van der Waals surface area contributed by atoms with E-state index in [2.05, 4.69) is 48.5 Å². The highest BCUT2D eigenvalue weighted by molar-refractivity contribution is 7.99. The van der Waals surface area contributed by atoms with Crippen LogP contribution in [-0.4, -0.2) is 41.3 Å². The molecule has 6 nitrogen and oxygen atoms in total. The smallest absolute Gasteiger partial charge is 0.231 e. The maximum Gasteiger partial charge on any atom is 0.231 e. The van der Waals surface area contributed by atoms with Gasteiger partial charge in [0.15, 0.2) is 23.0 Å². The van der Waals surface area contributed by atoms with Gasteiger partial charge in [0, 0.05) is 16.1 Å². The minimum atomic E-state index is 0.132. The Morgan fingerprint density at radius 2 is 1.60 bits per heavy atom. The molecule has 0 radical (unpaired) electrons. The van der Waals surface area contributed by atoms with Gasteiger partial charge >= 0.3 is 0 Å². The van der Waals surface area contributed by atoms with Gasteiger partial charge in [0.1, 0.15) is 0 Å². The van der Waals surface area contributed by atoms with E-state index in [0.29, 0.717) is 29.8 Å². The summed E-state index contributed by atoms with van der Waals surface area (Å²) in [4.78, 5) is 1.21. The third kappa shape index (κ3) is 5.02. The van der Waals surface area contributed by atoms with E-state index in [1.165, 1.54) is 10.5 Å². The van der Waals surface area contributed by atoms with Crippen molar-refractivity contribution in [2.75, 3.05) is 41.3 Å². The Hall–Kier alpha value is -3.03. The predicted octanol–water partition coefficient (Wildman–Crippen LogP) is 5.78. The zero-order valence-corrected chi connectivity index (χ0v) is 21.0. The zero-order chi connectivity index (χ0) is 24.2. The second-order valence-electron chi connectivity index (χ2n) is 8.66. The summed E-state index contributed by atoms with van der Waals surface area (Å²) >= 11 is 1.85. The fraction of sp³-hybridized carbons (Fsp3) is 0.357. The molecule has 2 aliphatic heterocycles. The van der Waals surface area contributed by atoms with Gasteiger partial charge in [0.2, 0.25) is 12.5 Å². The van der Waals surface area contributed by atoms with Crippen molar-refractivity contribution < 1.29 is 28.4 Å². The first-order valence-electron chi connectivity index (χ1n) is 11.7. The van der Waals surface area contributed by atoms with Crippen molar-refractivity contribution in [2.24, 2.45) is 11.8 Å². The lowest BCUT2D eigenvalue weighted by molar-refractivity contribution is 0.174. The number of thioether (sulfide) groups is 1. The molecule has 1 fully saturated rings. The Morgan fingerprint density at radius 1 is 0.857 bits per heavy atom. The number of methoxy groups -OCH3 is 3. The fourth-order valence-corrected chi connectivity index (χ4v) is 6.20. The SMILES string of the molecule is COc1cc(C(Sc2ccccc2)[C@H]2COC[C@@H]2Cc2ccc3c(c2)OCO3)cc(OC)c1OC. The summed E-state index contributed by atoms with van der Waals surface area (Å²) in [5, 5.41) is 0.132. The summed E-state index contributed by atoms with van der Waals surface area (Å²) in [5.74, 6) is 4.17. The molecular weight excluding hydrogens is 464 g/mol. The molecule has 0 amide bonds. The number of ether oxygens (including phenoxy) is 6. The summed E-state index contributed by atoms with van der Waals surface area (Å²) in [6.07, 6.45) is 0.900. The number of hydrogen-bond acceptors (Lipinski definition) is 7. The minimum absolute atomic E-state index is 0.132. The Kier molecular flexibility index (Phi) is 7.25. The lowest BCUT2D eigenvalue weighted by Crippen LogP contribution is -2.21. The van der Waals surface area contributed by atoms with Crippen molar-refractivity contribution >= 4 is 11.8 Å². The van der Waals surface area contributed by atoms with E-state index in [9.17, 15) is 0 Å². The average molecular weight is 495 g/mol. The molecule has 5 rings (SSSR count). The van der Waals surface area contributed by atoms with E-state index in [1.54, 1.807) is 21.3 Å². The van der Waals surface area contributed by atoms with E-state index < -0.39 is 0 Å². The van der Waals surface area contributed by atoms with Crippen LogP contribution in [0.4, 0.5) is 0 Å². The van der Waals surface area contributed by atoms with Gasteiger partial charge in [0.05, 0.1) is 34.5 Å². The molecule has 184 valence electrons. The first-order chi connectivity index (χ1) is 17.2. The Bertz CT molecular complexity index is 1130. The van der Waals surface area contributed by atoms with Crippen LogP contribution in [0.5, 0.6) is 28.7 Å². The second-order valence-corrected chi connectivity index (χ2v) is 9.88. The van der Waals surface area contributed by atoms with Crippen molar-refractivity contribution in [2.45, 2.75) is 16.6 Å². The molecule has 7 heteroatoms. The van der Waals surface area contributed by atoms with Crippen LogP contribution in [0.25, 0.3) is 0 Å². The average Bonchev–Trinajstić information content (AvgIpc) is 3.56. The van der Waals surface area contributed by atoms with Crippen molar-refractivity contribution in [3.05, 3.63) is 71.8 Å². The van der Waals surface area contributed by atoms with Gasteiger partial charge in [0.25, 0.3) is 0 Å². The molecule has 3 atom stereocenters. The van der Waals surface area contributed by atoms with Gasteiger partial charge in [-0.2, -0.15) is 0 Å². The van der Waals surface area contributed by atoms with Crippen molar-refractivity contribution in [3.63, 3.8) is 0 Å². The molecule has 2 aliphatic rings. The summed E-state index contributed by atoms with van der Waals surface area (Å²) in [6.45, 7) is 1.69. The predicted molar refractivity (Wildman–Crippen MR) is 135 cm³/mol. The van der Waals surface area contributed by atoms with E-state index >= 15 is 0 Å². The van der Waals surface area contributed by atoms with E-state index in [4.69, 9.17) is 28.4 Å². The number of fused-ring (bicyclic) bond motifs is 1. The zero-order valence-electron chi connectivity index (χ0n) is 20.2. The van der Waals surface area contributed by atoms with Crippen LogP contribution in [-0.2, 0) is 11.2 Å². The first kappa shape index (κ1) is 23.7. The van der Waals surface area contributed by atoms with Gasteiger partial charge in [-0.1, -0.05) is 24.3 Å². The largest absolute Gasteiger partial charge is 0.493 e. The Morgan fingerprint density at radius 3 is 2.31 bits per heavy atom. The molecule has 0 spiro atoms. The molecule has 1 saturated heterocycles. The van der Waals surface area contributed by atoms with Gasteiger partial charge in [-0.25, -0.2) is 0 Å². The topological polar surface area (TPSA) is 55.4 Å². The first-order valence-corrected chi connectivity index (χ1v) is 12.6. The van der Waals surface area contributed by atoms with E-state index in [-0.39, 0.29) is 18.0 Å². The highest BCUT2D eigenvalue weighted by atomic mass is 32.2. The molecule has 2 heterocycles. The summed E-state index contributed by atoms with van der Waals surface area (Å²) in [5.41, 5.74) is 2.35. The summed E-state index contributed by atoms with van der Waals surface area (Å²) in [7, 11) is 4.94. The molecule has 0 aliphatic carbocycles. The maximum absolute atomic E-state index is 6.08. The van der Waals surface area contributed by atoms with Crippen LogP contribution >= 0.6 is 11.8 Å². The van der Waals surface area contributed by atoms with Gasteiger partial charge in [-0.15, -0.1) is 11.8 Å². The highest BCUT2D eigenvalue weighted by Gasteiger charge is 2.37. The fourth-order valence-electron chi connectivity index (χ4n) is 4.84. The number of hydrogen-bond donors (Lipinski definition) is 0. The maximum atomic E-state index is 6.08. The van der Waals surface area contributed by atoms with Gasteiger partial charge in [-0.3, -0.25) is 0 Å². The Balaban J connectivity index is 1.49. The van der Waals surface area contributed by atoms with Crippen molar-refractivity contribution in [1.82, 2.24) is 0 Å². The van der Waals surface area contributed by atoms with Crippen molar-refractivity contribution in [3.8, 4) is 28.7 Å². The minimum Gasteiger partial charge on any atom is -0.493 e. The normalized spacial score (nSPS) is 19.4. The molecule has 0 saturated carbocycles. The van der Waals surface area contributed by atoms with Crippen LogP contribution < -0.4 is 23.7 Å². The molecule has 1 unspecified atom stereocenters. The van der Waals surface area contributed by atoms with Crippen molar-refractivity contribution in [1.29, 1.82) is 0 Å². The van der Waals surface area contributed by atoms with Gasteiger partial charge < -0.3 is 28.4 Å². The van der Waals surface area contributed by atoms with Crippen LogP contribution in [0.15, 0.2) is 65.6 Å². The standard InChI is InChI=1S/C28H30O6S/c1-29-25-13-19(14-26(30-2)27(25)31-3)28(35-21-7-5-4-6-8-21)22-16-32-15-20(22)11-18-9-10-23-24(12-18)34-17-33-23/h4-10,12-14,20,22,28H,11,15-17H2,1-3H3/t20-,22-,28?/m0/s1. The number of rotatable bonds is 9. The Labute approximate surface area is 210 Å². The molecule has 35 heavy (non-hydrogen) atoms. The van der Waals surface area contributed by atoms with Crippen LogP contribution in [0.1, 0.15) is 16.4 Å². The molecule has 3 aromatic carbocycles. The van der Waals surface area contributed by atoms with Crippen LogP contribution in [0, 0.1) is 11.8 Å². The molecule has 0 bridgehead atoms. The molecule has 3 aromatic rings. The number of benzene rings is 3. The second kappa shape index (κ2) is 10.7. The lowest BCUT2D eigenvalue weighted by Gasteiger charge is -2.28. The van der Waals surface area contributed by atoms with E-state index in [0.717, 1.165) is 30.1 Å². The van der Waals surface area contributed by atoms with E-state index in [1.807, 2.05) is 23.9 Å². The van der Waals surface area contributed by atoms with Crippen LogP contribution in [0.2, 0.25) is 0 Å². The molecule has 0 N–H and O–H groups in total. The quantitative estimate of drug-likeness (QED) is 0.350.